The van der Waals surface area contributed by atoms with Crippen LogP contribution < -0.4 is 11.3 Å². The van der Waals surface area contributed by atoms with Gasteiger partial charge in [-0.2, -0.15) is 0 Å². The Bertz CT molecular complexity index is 521. The monoisotopic (exact) mass is 276 g/mol. The first kappa shape index (κ1) is 13.8. The van der Waals surface area contributed by atoms with Crippen LogP contribution in [0.4, 0.5) is 5.82 Å². The van der Waals surface area contributed by atoms with Crippen molar-refractivity contribution in [3.8, 4) is 11.4 Å². The second-order valence-corrected chi connectivity index (χ2v) is 4.97. The number of nitrogens with zero attached hydrogens (tertiary/aromatic N) is 2. The molecule has 0 aliphatic rings. The number of nitrogens with two attached hydrogens (primary N) is 1. The average Bonchev–Trinajstić information content (AvgIpc) is 2.48. The largest absolute Gasteiger partial charge is 0.396 e. The van der Waals surface area contributed by atoms with Gasteiger partial charge in [0.1, 0.15) is 10.8 Å². The molecule has 5 nitrogen and oxygen atoms in total. The predicted octanol–water partition coefficient (Wildman–Crippen LogP) is 1.90. The van der Waals surface area contributed by atoms with Gasteiger partial charge in [0.15, 0.2) is 5.82 Å². The molecule has 0 bridgehead atoms. The summed E-state index contributed by atoms with van der Waals surface area (Å²) in [4.78, 5) is 8.84. The first-order chi connectivity index (χ1) is 9.33. The third kappa shape index (κ3) is 3.92. The number of thioether (sulfide) groups is 1. The summed E-state index contributed by atoms with van der Waals surface area (Å²) in [7, 11) is 0. The number of aromatic nitrogens is 2. The van der Waals surface area contributed by atoms with E-state index in [-0.39, 0.29) is 6.61 Å². The van der Waals surface area contributed by atoms with Crippen molar-refractivity contribution in [3.05, 3.63) is 36.4 Å². The van der Waals surface area contributed by atoms with Crippen molar-refractivity contribution in [2.45, 2.75) is 11.4 Å². The first-order valence-electron chi connectivity index (χ1n) is 5.98. The van der Waals surface area contributed by atoms with Gasteiger partial charge < -0.3 is 10.5 Å². The number of hydrazine groups is 1. The Hall–Kier alpha value is -1.63. The Balaban J connectivity index is 2.26. The molecule has 0 fully saturated rings. The average molecular weight is 276 g/mol. The van der Waals surface area contributed by atoms with Crippen LogP contribution in [0, 0.1) is 0 Å². The minimum Gasteiger partial charge on any atom is -0.396 e. The summed E-state index contributed by atoms with van der Waals surface area (Å²) in [5, 5.41) is 9.64. The second kappa shape index (κ2) is 7.08. The zero-order valence-corrected chi connectivity index (χ0v) is 11.2. The van der Waals surface area contributed by atoms with Crippen LogP contribution in [0.1, 0.15) is 6.42 Å². The highest BCUT2D eigenvalue weighted by Crippen LogP contribution is 2.23. The quantitative estimate of drug-likeness (QED) is 0.246. The molecule has 4 N–H and O–H groups in total. The molecule has 1 heterocycles. The Labute approximate surface area is 116 Å². The van der Waals surface area contributed by atoms with Crippen LogP contribution in [0.2, 0.25) is 0 Å². The molecular formula is C13H16N4OS. The fourth-order valence-electron chi connectivity index (χ4n) is 1.53. The predicted molar refractivity (Wildman–Crippen MR) is 77.7 cm³/mol. The summed E-state index contributed by atoms with van der Waals surface area (Å²) in [5.41, 5.74) is 3.50. The van der Waals surface area contributed by atoms with Crippen LogP contribution in [0.15, 0.2) is 41.4 Å². The highest BCUT2D eigenvalue weighted by atomic mass is 32.2. The van der Waals surface area contributed by atoms with Gasteiger partial charge in [-0.1, -0.05) is 30.3 Å². The molecule has 0 unspecified atom stereocenters. The number of hydrogen-bond donors (Lipinski definition) is 3. The van der Waals surface area contributed by atoms with Gasteiger partial charge in [-0.25, -0.2) is 15.8 Å². The third-order valence-electron chi connectivity index (χ3n) is 2.43. The Morgan fingerprint density at radius 3 is 2.68 bits per heavy atom. The van der Waals surface area contributed by atoms with Gasteiger partial charge in [0.2, 0.25) is 0 Å². The lowest BCUT2D eigenvalue weighted by molar-refractivity contribution is 0.296. The van der Waals surface area contributed by atoms with Crippen molar-refractivity contribution >= 4 is 17.6 Å². The zero-order chi connectivity index (χ0) is 13.5. The zero-order valence-electron chi connectivity index (χ0n) is 10.4. The molecule has 2 rings (SSSR count). The van der Waals surface area contributed by atoms with Crippen molar-refractivity contribution in [1.29, 1.82) is 0 Å². The Morgan fingerprint density at radius 1 is 1.21 bits per heavy atom. The number of benzene rings is 1. The number of anilines is 1. The fourth-order valence-corrected chi connectivity index (χ4v) is 2.36. The molecule has 0 aliphatic heterocycles. The van der Waals surface area contributed by atoms with Crippen LogP contribution in [-0.2, 0) is 0 Å². The summed E-state index contributed by atoms with van der Waals surface area (Å²) in [6, 6.07) is 11.6. The maximum Gasteiger partial charge on any atom is 0.162 e. The molecule has 0 radical (unpaired) electrons. The minimum atomic E-state index is 0.186. The molecular weight excluding hydrogens is 260 g/mol. The number of aliphatic hydroxyl groups excluding tert-OH is 1. The van der Waals surface area contributed by atoms with E-state index in [2.05, 4.69) is 15.4 Å². The van der Waals surface area contributed by atoms with Gasteiger partial charge in [0.05, 0.1) is 0 Å². The molecule has 0 atom stereocenters. The lowest BCUT2D eigenvalue weighted by atomic mass is 10.2. The molecule has 100 valence electrons. The van der Waals surface area contributed by atoms with E-state index in [4.69, 9.17) is 10.9 Å². The number of nitrogens with one attached hydrogen (secondary N) is 1. The summed E-state index contributed by atoms with van der Waals surface area (Å²) in [6.07, 6.45) is 0.737. The molecule has 6 heteroatoms. The molecule has 19 heavy (non-hydrogen) atoms. The summed E-state index contributed by atoms with van der Waals surface area (Å²) in [6.45, 7) is 0.186. The van der Waals surface area contributed by atoms with Crippen LogP contribution in [0.5, 0.6) is 0 Å². The highest BCUT2D eigenvalue weighted by Gasteiger charge is 2.06. The van der Waals surface area contributed by atoms with E-state index in [0.717, 1.165) is 22.8 Å². The van der Waals surface area contributed by atoms with Crippen molar-refractivity contribution in [2.24, 2.45) is 5.84 Å². The van der Waals surface area contributed by atoms with Crippen molar-refractivity contribution in [3.63, 3.8) is 0 Å². The fraction of sp³-hybridized carbons (Fsp3) is 0.231. The molecule has 0 saturated carbocycles. The molecule has 1 aromatic heterocycles. The first-order valence-corrected chi connectivity index (χ1v) is 6.97. The van der Waals surface area contributed by atoms with Crippen molar-refractivity contribution < 1.29 is 5.11 Å². The van der Waals surface area contributed by atoms with Crippen LogP contribution in [-0.4, -0.2) is 27.4 Å². The second-order valence-electron chi connectivity index (χ2n) is 3.85. The van der Waals surface area contributed by atoms with Crippen LogP contribution in [0.25, 0.3) is 11.4 Å². The summed E-state index contributed by atoms with van der Waals surface area (Å²) >= 11 is 1.58. The van der Waals surface area contributed by atoms with E-state index in [0.29, 0.717) is 11.6 Å². The van der Waals surface area contributed by atoms with E-state index >= 15 is 0 Å². The van der Waals surface area contributed by atoms with Gasteiger partial charge in [0.25, 0.3) is 0 Å². The molecule has 1 aromatic carbocycles. The van der Waals surface area contributed by atoms with E-state index in [1.54, 1.807) is 17.8 Å². The van der Waals surface area contributed by atoms with Gasteiger partial charge in [0, 0.05) is 24.0 Å². The number of rotatable bonds is 6. The maximum atomic E-state index is 8.80. The minimum absolute atomic E-state index is 0.186. The maximum absolute atomic E-state index is 8.80. The van der Waals surface area contributed by atoms with Gasteiger partial charge in [-0.15, -0.1) is 11.8 Å². The Morgan fingerprint density at radius 2 is 2.00 bits per heavy atom. The van der Waals surface area contributed by atoms with Crippen LogP contribution >= 0.6 is 11.8 Å². The Kier molecular flexibility index (Phi) is 5.14. The SMILES string of the molecule is NNc1cc(SCCCO)nc(-c2ccccc2)n1. The van der Waals surface area contributed by atoms with E-state index < -0.39 is 0 Å². The molecule has 2 aromatic rings. The number of aliphatic hydroxyl groups is 1. The topological polar surface area (TPSA) is 84.1 Å². The van der Waals surface area contributed by atoms with Gasteiger partial charge in [-0.05, 0) is 6.42 Å². The lowest BCUT2D eigenvalue weighted by Gasteiger charge is -2.07. The van der Waals surface area contributed by atoms with Crippen molar-refractivity contribution in [2.75, 3.05) is 17.8 Å². The van der Waals surface area contributed by atoms with E-state index in [9.17, 15) is 0 Å². The summed E-state index contributed by atoms with van der Waals surface area (Å²) < 4.78 is 0. The van der Waals surface area contributed by atoms with Gasteiger partial charge >= 0.3 is 0 Å². The molecule has 0 amide bonds. The van der Waals surface area contributed by atoms with Gasteiger partial charge in [-0.3, -0.25) is 0 Å². The molecule has 0 aliphatic carbocycles. The van der Waals surface area contributed by atoms with E-state index in [1.807, 2.05) is 30.3 Å². The smallest absolute Gasteiger partial charge is 0.162 e. The van der Waals surface area contributed by atoms with Crippen LogP contribution in [0.3, 0.4) is 0 Å². The number of hydrogen-bond acceptors (Lipinski definition) is 6. The lowest BCUT2D eigenvalue weighted by Crippen LogP contribution is -2.09. The summed E-state index contributed by atoms with van der Waals surface area (Å²) in [5.74, 6) is 7.47. The molecule has 0 spiro atoms. The third-order valence-corrected chi connectivity index (χ3v) is 3.43. The normalized spacial score (nSPS) is 10.4. The highest BCUT2D eigenvalue weighted by molar-refractivity contribution is 7.99. The number of nitrogen functional groups attached to an aromatic ring is 1. The van der Waals surface area contributed by atoms with Crippen molar-refractivity contribution in [1.82, 2.24) is 9.97 Å². The standard InChI is InChI=1S/C13H16N4OS/c14-17-11-9-12(19-8-4-7-18)16-13(15-11)10-5-2-1-3-6-10/h1-3,5-6,9,18H,4,7-8,14H2,(H,15,16,17). The van der Waals surface area contributed by atoms with E-state index in [1.165, 1.54) is 0 Å². The molecule has 0 saturated heterocycles.